The van der Waals surface area contributed by atoms with Crippen LogP contribution in [0, 0.1) is 0 Å². The van der Waals surface area contributed by atoms with E-state index in [2.05, 4.69) is 31.9 Å². The standard InChI is InChI=1S/C12H14Br2O2/c1-2-16-12(15)10-6-9(4-3-5-13)7-11(14)8-10/h6-8H,2-5H2,1H3. The second kappa shape index (κ2) is 7.07. The topological polar surface area (TPSA) is 26.3 Å². The fraction of sp³-hybridized carbons (Fsp3) is 0.417. The smallest absolute Gasteiger partial charge is 0.338 e. The first-order chi connectivity index (χ1) is 7.67. The first kappa shape index (κ1) is 13.7. The van der Waals surface area contributed by atoms with Crippen LogP contribution in [0.15, 0.2) is 22.7 Å². The van der Waals surface area contributed by atoms with E-state index in [0.717, 1.165) is 28.2 Å². The Labute approximate surface area is 113 Å². The van der Waals surface area contributed by atoms with E-state index in [1.54, 1.807) is 6.07 Å². The van der Waals surface area contributed by atoms with E-state index in [9.17, 15) is 4.79 Å². The molecule has 0 bridgehead atoms. The average molecular weight is 350 g/mol. The Morgan fingerprint density at radius 3 is 2.75 bits per heavy atom. The highest BCUT2D eigenvalue weighted by molar-refractivity contribution is 9.10. The van der Waals surface area contributed by atoms with Crippen molar-refractivity contribution in [3.8, 4) is 0 Å². The van der Waals surface area contributed by atoms with Crippen LogP contribution in [0.3, 0.4) is 0 Å². The van der Waals surface area contributed by atoms with Gasteiger partial charge in [0.1, 0.15) is 0 Å². The maximum atomic E-state index is 11.6. The molecule has 0 saturated carbocycles. The van der Waals surface area contributed by atoms with Crippen molar-refractivity contribution in [2.24, 2.45) is 0 Å². The Kier molecular flexibility index (Phi) is 6.06. The van der Waals surface area contributed by atoms with Gasteiger partial charge in [0.05, 0.1) is 12.2 Å². The molecule has 0 N–H and O–H groups in total. The minimum absolute atomic E-state index is 0.260. The molecule has 0 fully saturated rings. The Morgan fingerprint density at radius 1 is 1.38 bits per heavy atom. The molecule has 1 rings (SSSR count). The van der Waals surface area contributed by atoms with Gasteiger partial charge in [-0.1, -0.05) is 31.9 Å². The third-order valence-electron chi connectivity index (χ3n) is 2.07. The van der Waals surface area contributed by atoms with Gasteiger partial charge in [-0.15, -0.1) is 0 Å². The molecule has 88 valence electrons. The lowest BCUT2D eigenvalue weighted by atomic mass is 10.1. The lowest BCUT2D eigenvalue weighted by molar-refractivity contribution is 0.0526. The largest absolute Gasteiger partial charge is 0.462 e. The summed E-state index contributed by atoms with van der Waals surface area (Å²) in [7, 11) is 0. The highest BCUT2D eigenvalue weighted by Crippen LogP contribution is 2.18. The summed E-state index contributed by atoms with van der Waals surface area (Å²) in [5.41, 5.74) is 1.76. The summed E-state index contributed by atoms with van der Waals surface area (Å²) < 4.78 is 5.89. The molecule has 0 amide bonds. The van der Waals surface area contributed by atoms with Crippen LogP contribution in [0.4, 0.5) is 0 Å². The molecular weight excluding hydrogens is 336 g/mol. The summed E-state index contributed by atoms with van der Waals surface area (Å²) in [5, 5.41) is 0.967. The summed E-state index contributed by atoms with van der Waals surface area (Å²) in [6.45, 7) is 2.21. The Morgan fingerprint density at radius 2 is 2.12 bits per heavy atom. The number of carbonyl (C=O) groups is 1. The molecule has 0 atom stereocenters. The van der Waals surface area contributed by atoms with Gasteiger partial charge in [-0.25, -0.2) is 4.79 Å². The monoisotopic (exact) mass is 348 g/mol. The summed E-state index contributed by atoms with van der Waals surface area (Å²) in [6, 6.07) is 5.71. The average Bonchev–Trinajstić information content (AvgIpc) is 2.26. The number of rotatable bonds is 5. The molecule has 0 aliphatic carbocycles. The van der Waals surface area contributed by atoms with E-state index in [0.29, 0.717) is 12.2 Å². The number of alkyl halides is 1. The molecule has 1 aromatic carbocycles. The van der Waals surface area contributed by atoms with Crippen molar-refractivity contribution in [3.05, 3.63) is 33.8 Å². The third kappa shape index (κ3) is 4.26. The van der Waals surface area contributed by atoms with Crippen LogP contribution in [-0.4, -0.2) is 17.9 Å². The van der Waals surface area contributed by atoms with Crippen molar-refractivity contribution in [2.45, 2.75) is 19.8 Å². The second-order valence-corrected chi connectivity index (χ2v) is 5.07. The lowest BCUT2D eigenvalue weighted by Gasteiger charge is -2.06. The fourth-order valence-electron chi connectivity index (χ4n) is 1.40. The number of benzene rings is 1. The number of esters is 1. The normalized spacial score (nSPS) is 10.2. The second-order valence-electron chi connectivity index (χ2n) is 3.36. The van der Waals surface area contributed by atoms with E-state index in [1.807, 2.05) is 19.1 Å². The van der Waals surface area contributed by atoms with Crippen LogP contribution in [-0.2, 0) is 11.2 Å². The number of ether oxygens (including phenoxy) is 1. The van der Waals surface area contributed by atoms with Crippen LogP contribution >= 0.6 is 31.9 Å². The van der Waals surface area contributed by atoms with Crippen LogP contribution in [0.2, 0.25) is 0 Å². The highest BCUT2D eigenvalue weighted by atomic mass is 79.9. The van der Waals surface area contributed by atoms with Gasteiger partial charge in [-0.3, -0.25) is 0 Å². The predicted octanol–water partition coefficient (Wildman–Crippen LogP) is 3.95. The molecule has 0 heterocycles. The van der Waals surface area contributed by atoms with Gasteiger partial charge in [0.15, 0.2) is 0 Å². The van der Waals surface area contributed by atoms with E-state index in [4.69, 9.17) is 4.74 Å². The SMILES string of the molecule is CCOC(=O)c1cc(Br)cc(CCCBr)c1. The first-order valence-electron chi connectivity index (χ1n) is 5.20. The molecule has 4 heteroatoms. The molecule has 1 aromatic rings. The molecule has 0 saturated heterocycles. The molecule has 0 spiro atoms. The fourth-order valence-corrected chi connectivity index (χ4v) is 2.22. The zero-order chi connectivity index (χ0) is 12.0. The van der Waals surface area contributed by atoms with Crippen molar-refractivity contribution in [1.82, 2.24) is 0 Å². The van der Waals surface area contributed by atoms with E-state index < -0.39 is 0 Å². The molecule has 16 heavy (non-hydrogen) atoms. The van der Waals surface area contributed by atoms with E-state index in [1.165, 1.54) is 0 Å². The van der Waals surface area contributed by atoms with Gasteiger partial charge >= 0.3 is 5.97 Å². The van der Waals surface area contributed by atoms with Gasteiger partial charge < -0.3 is 4.74 Å². The first-order valence-corrected chi connectivity index (χ1v) is 7.11. The lowest BCUT2D eigenvalue weighted by Crippen LogP contribution is -2.05. The predicted molar refractivity (Wildman–Crippen MR) is 72.2 cm³/mol. The number of carbonyl (C=O) groups excluding carboxylic acids is 1. The Balaban J connectivity index is 2.84. The van der Waals surface area contributed by atoms with Crippen molar-refractivity contribution < 1.29 is 9.53 Å². The number of halogens is 2. The molecule has 0 aliphatic heterocycles. The maximum absolute atomic E-state index is 11.6. The van der Waals surface area contributed by atoms with Crippen LogP contribution in [0.1, 0.15) is 29.3 Å². The zero-order valence-corrected chi connectivity index (χ0v) is 12.3. The molecule has 0 aromatic heterocycles. The van der Waals surface area contributed by atoms with E-state index in [-0.39, 0.29) is 5.97 Å². The molecule has 0 radical (unpaired) electrons. The summed E-state index contributed by atoms with van der Waals surface area (Å²) >= 11 is 6.80. The number of aryl methyl sites for hydroxylation is 1. The third-order valence-corrected chi connectivity index (χ3v) is 3.09. The molecule has 0 aliphatic rings. The van der Waals surface area contributed by atoms with Gasteiger partial charge in [-0.2, -0.15) is 0 Å². The summed E-state index contributed by atoms with van der Waals surface area (Å²) in [5.74, 6) is -0.260. The highest BCUT2D eigenvalue weighted by Gasteiger charge is 2.08. The van der Waals surface area contributed by atoms with Crippen molar-refractivity contribution in [3.63, 3.8) is 0 Å². The van der Waals surface area contributed by atoms with Gasteiger partial charge in [0.2, 0.25) is 0 Å². The maximum Gasteiger partial charge on any atom is 0.338 e. The summed E-state index contributed by atoms with van der Waals surface area (Å²) in [6.07, 6.45) is 2.01. The van der Waals surface area contributed by atoms with Crippen LogP contribution < -0.4 is 0 Å². The van der Waals surface area contributed by atoms with Crippen molar-refractivity contribution in [1.29, 1.82) is 0 Å². The van der Waals surface area contributed by atoms with Crippen molar-refractivity contribution >= 4 is 37.8 Å². The van der Waals surface area contributed by atoms with Crippen LogP contribution in [0.25, 0.3) is 0 Å². The van der Waals surface area contributed by atoms with Gasteiger partial charge in [-0.05, 0) is 43.5 Å². The van der Waals surface area contributed by atoms with E-state index >= 15 is 0 Å². The van der Waals surface area contributed by atoms with Crippen LogP contribution in [0.5, 0.6) is 0 Å². The minimum atomic E-state index is -0.260. The number of hydrogen-bond donors (Lipinski definition) is 0. The van der Waals surface area contributed by atoms with Crippen molar-refractivity contribution in [2.75, 3.05) is 11.9 Å². The number of hydrogen-bond acceptors (Lipinski definition) is 2. The molecule has 0 unspecified atom stereocenters. The minimum Gasteiger partial charge on any atom is -0.462 e. The van der Waals surface area contributed by atoms with Gasteiger partial charge in [0, 0.05) is 9.80 Å². The van der Waals surface area contributed by atoms with Gasteiger partial charge in [0.25, 0.3) is 0 Å². The quantitative estimate of drug-likeness (QED) is 0.594. The molecular formula is C12H14Br2O2. The zero-order valence-electron chi connectivity index (χ0n) is 9.13. The Bertz CT molecular complexity index is 364. The Hall–Kier alpha value is -0.350. The molecule has 2 nitrogen and oxygen atoms in total. The summed E-state index contributed by atoms with van der Waals surface area (Å²) in [4.78, 5) is 11.6.